The number of halogens is 1. The summed E-state index contributed by atoms with van der Waals surface area (Å²) >= 11 is 1.47. The molecule has 0 aliphatic heterocycles. The molecule has 2 N–H and O–H groups in total. The number of nitrogens with zero attached hydrogens (tertiary/aromatic N) is 4. The van der Waals surface area contributed by atoms with Crippen LogP contribution in [0, 0.1) is 11.7 Å². The number of ether oxygens (including phenoxy) is 1. The Kier molecular flexibility index (Phi) is 7.82. The minimum absolute atomic E-state index is 0.223. The molecule has 0 saturated heterocycles. The van der Waals surface area contributed by atoms with Gasteiger partial charge in [-0.25, -0.2) is 9.37 Å². The summed E-state index contributed by atoms with van der Waals surface area (Å²) in [6.45, 7) is 4.29. The zero-order valence-electron chi connectivity index (χ0n) is 19.9. The Labute approximate surface area is 209 Å². The predicted octanol–water partition coefficient (Wildman–Crippen LogP) is 6.68. The smallest absolute Gasteiger partial charge is 0.233 e. The third kappa shape index (κ3) is 6.27. The Morgan fingerprint density at radius 2 is 1.80 bits per heavy atom. The summed E-state index contributed by atoms with van der Waals surface area (Å²) in [6, 6.07) is 21.5. The second-order valence-corrected chi connectivity index (χ2v) is 9.55. The van der Waals surface area contributed by atoms with Crippen LogP contribution in [0.25, 0.3) is 0 Å². The summed E-state index contributed by atoms with van der Waals surface area (Å²) in [5.41, 5.74) is 7.72. The van der Waals surface area contributed by atoms with Crippen LogP contribution in [-0.2, 0) is 0 Å². The molecule has 1 unspecified atom stereocenters. The van der Waals surface area contributed by atoms with Crippen molar-refractivity contribution >= 4 is 29.2 Å². The summed E-state index contributed by atoms with van der Waals surface area (Å²) in [5, 5.41) is 0.684. The summed E-state index contributed by atoms with van der Waals surface area (Å²) in [4.78, 5) is 16.9. The quantitative estimate of drug-likeness (QED) is 0.263. The molecule has 0 aliphatic rings. The average molecular weight is 490 g/mol. The van der Waals surface area contributed by atoms with Gasteiger partial charge >= 0.3 is 0 Å². The summed E-state index contributed by atoms with van der Waals surface area (Å²) in [5.74, 6) is 1.50. The number of methoxy groups -OCH3 is 1. The fourth-order valence-corrected chi connectivity index (χ4v) is 4.61. The second kappa shape index (κ2) is 11.2. The van der Waals surface area contributed by atoms with Gasteiger partial charge in [0.05, 0.1) is 18.8 Å². The molecular formula is C27H28FN5OS. The third-order valence-corrected chi connectivity index (χ3v) is 6.26. The standard InChI is InChI=1S/C27H28FN5OS/c1-18(2)15-24(23-9-4-5-14-30-23)33(20-8-6-7-19(28)16-20)27-31-25(29)17-26(32-27)35-22-12-10-21(34-3)11-13-22/h4-14,16-18,24H,15H2,1-3H3,(H2,29,31,32). The highest BCUT2D eigenvalue weighted by Gasteiger charge is 2.28. The van der Waals surface area contributed by atoms with Gasteiger partial charge in [-0.1, -0.05) is 37.7 Å². The van der Waals surface area contributed by atoms with Crippen molar-refractivity contribution in [3.63, 3.8) is 0 Å². The molecule has 180 valence electrons. The van der Waals surface area contributed by atoms with Crippen molar-refractivity contribution in [3.8, 4) is 5.75 Å². The van der Waals surface area contributed by atoms with E-state index in [4.69, 9.17) is 15.5 Å². The van der Waals surface area contributed by atoms with Crippen LogP contribution in [-0.4, -0.2) is 22.1 Å². The number of anilines is 3. The predicted molar refractivity (Wildman–Crippen MR) is 139 cm³/mol. The molecule has 0 spiro atoms. The number of rotatable bonds is 9. The molecule has 35 heavy (non-hydrogen) atoms. The molecule has 4 rings (SSSR count). The van der Waals surface area contributed by atoms with Crippen molar-refractivity contribution in [2.75, 3.05) is 17.7 Å². The van der Waals surface area contributed by atoms with Gasteiger partial charge in [0.1, 0.15) is 22.4 Å². The van der Waals surface area contributed by atoms with Crippen molar-refractivity contribution in [3.05, 3.63) is 90.5 Å². The van der Waals surface area contributed by atoms with E-state index in [-0.39, 0.29) is 11.9 Å². The highest BCUT2D eigenvalue weighted by Crippen LogP contribution is 2.38. The lowest BCUT2D eigenvalue weighted by Crippen LogP contribution is -2.28. The van der Waals surface area contributed by atoms with Gasteiger partial charge in [0.25, 0.3) is 0 Å². The molecule has 2 aromatic carbocycles. The van der Waals surface area contributed by atoms with E-state index in [1.54, 1.807) is 25.4 Å². The van der Waals surface area contributed by atoms with Crippen LogP contribution >= 0.6 is 11.8 Å². The number of nitrogens with two attached hydrogens (primary N) is 1. The topological polar surface area (TPSA) is 77.2 Å². The molecule has 2 heterocycles. The highest BCUT2D eigenvalue weighted by molar-refractivity contribution is 7.99. The molecule has 6 nitrogen and oxygen atoms in total. The van der Waals surface area contributed by atoms with Crippen LogP contribution in [0.15, 0.2) is 88.9 Å². The van der Waals surface area contributed by atoms with Crippen molar-refractivity contribution in [2.45, 2.75) is 36.2 Å². The minimum atomic E-state index is -0.339. The van der Waals surface area contributed by atoms with Gasteiger partial charge in [-0.2, -0.15) is 4.98 Å². The number of hydrogen-bond acceptors (Lipinski definition) is 7. The zero-order valence-corrected chi connectivity index (χ0v) is 20.7. The molecule has 0 fully saturated rings. The molecule has 0 aliphatic carbocycles. The first kappa shape index (κ1) is 24.5. The van der Waals surface area contributed by atoms with Crippen LogP contribution in [0.5, 0.6) is 5.75 Å². The van der Waals surface area contributed by atoms with Crippen LogP contribution < -0.4 is 15.4 Å². The highest BCUT2D eigenvalue weighted by atomic mass is 32.2. The average Bonchev–Trinajstić information content (AvgIpc) is 2.84. The van der Waals surface area contributed by atoms with Crippen LogP contribution in [0.3, 0.4) is 0 Å². The van der Waals surface area contributed by atoms with Crippen molar-refractivity contribution < 1.29 is 9.13 Å². The maximum absolute atomic E-state index is 14.4. The van der Waals surface area contributed by atoms with Crippen molar-refractivity contribution in [1.82, 2.24) is 15.0 Å². The Balaban J connectivity index is 1.81. The van der Waals surface area contributed by atoms with E-state index in [0.29, 0.717) is 28.4 Å². The lowest BCUT2D eigenvalue weighted by atomic mass is 9.98. The van der Waals surface area contributed by atoms with E-state index in [9.17, 15) is 4.39 Å². The number of benzene rings is 2. The van der Waals surface area contributed by atoms with E-state index in [1.807, 2.05) is 53.4 Å². The number of nitrogen functional groups attached to an aromatic ring is 1. The Bertz CT molecular complexity index is 1250. The van der Waals surface area contributed by atoms with Gasteiger partial charge in [0.2, 0.25) is 5.95 Å². The number of aromatic nitrogens is 3. The van der Waals surface area contributed by atoms with Crippen molar-refractivity contribution in [2.24, 2.45) is 5.92 Å². The Hall–Kier alpha value is -3.65. The van der Waals surface area contributed by atoms with Gasteiger partial charge < -0.3 is 15.4 Å². The minimum Gasteiger partial charge on any atom is -0.497 e. The van der Waals surface area contributed by atoms with Crippen LogP contribution in [0.2, 0.25) is 0 Å². The monoisotopic (exact) mass is 489 g/mol. The molecule has 2 aromatic heterocycles. The van der Waals surface area contributed by atoms with Crippen LogP contribution in [0.1, 0.15) is 32.0 Å². The fourth-order valence-electron chi connectivity index (χ4n) is 3.79. The van der Waals surface area contributed by atoms with E-state index < -0.39 is 0 Å². The van der Waals surface area contributed by atoms with Gasteiger partial charge in [0.15, 0.2) is 0 Å². The first-order valence-electron chi connectivity index (χ1n) is 11.3. The number of pyridine rings is 1. The van der Waals surface area contributed by atoms with Crippen molar-refractivity contribution in [1.29, 1.82) is 0 Å². The van der Waals surface area contributed by atoms with E-state index in [2.05, 4.69) is 23.8 Å². The SMILES string of the molecule is COc1ccc(Sc2cc(N)nc(N(c3cccc(F)c3)C(CC(C)C)c3ccccn3)n2)cc1. The van der Waals surface area contributed by atoms with Gasteiger partial charge in [0, 0.05) is 22.8 Å². The number of hydrogen-bond donors (Lipinski definition) is 1. The second-order valence-electron chi connectivity index (χ2n) is 8.46. The Morgan fingerprint density at radius 3 is 2.46 bits per heavy atom. The van der Waals surface area contributed by atoms with Crippen LogP contribution in [0.4, 0.5) is 21.8 Å². The summed E-state index contributed by atoms with van der Waals surface area (Å²) in [6.07, 6.45) is 2.52. The lowest BCUT2D eigenvalue weighted by molar-refractivity contribution is 0.414. The molecule has 1 atom stereocenters. The van der Waals surface area contributed by atoms with Gasteiger partial charge in [-0.3, -0.25) is 4.98 Å². The van der Waals surface area contributed by atoms with E-state index in [1.165, 1.54) is 23.9 Å². The first-order valence-corrected chi connectivity index (χ1v) is 12.2. The maximum Gasteiger partial charge on any atom is 0.233 e. The molecule has 4 aromatic rings. The van der Waals surface area contributed by atoms with Gasteiger partial charge in [-0.05, 0) is 66.9 Å². The fraction of sp³-hybridized carbons (Fsp3) is 0.222. The van der Waals surface area contributed by atoms with E-state index in [0.717, 1.165) is 22.8 Å². The molecular weight excluding hydrogens is 461 g/mol. The molecule has 0 radical (unpaired) electrons. The maximum atomic E-state index is 14.4. The molecule has 0 saturated carbocycles. The first-order chi connectivity index (χ1) is 16.9. The summed E-state index contributed by atoms with van der Waals surface area (Å²) in [7, 11) is 1.63. The summed E-state index contributed by atoms with van der Waals surface area (Å²) < 4.78 is 19.6. The largest absolute Gasteiger partial charge is 0.497 e. The van der Waals surface area contributed by atoms with Gasteiger partial charge in [-0.15, -0.1) is 0 Å². The van der Waals surface area contributed by atoms with E-state index >= 15 is 0 Å². The molecule has 0 amide bonds. The third-order valence-electron chi connectivity index (χ3n) is 5.33. The lowest BCUT2D eigenvalue weighted by Gasteiger charge is -2.33. The zero-order chi connectivity index (χ0) is 24.8. The normalized spacial score (nSPS) is 11.9. The molecule has 0 bridgehead atoms. The molecule has 8 heteroatoms. The Morgan fingerprint density at radius 1 is 1.00 bits per heavy atom.